The van der Waals surface area contributed by atoms with E-state index in [1.807, 2.05) is 0 Å². The number of nitrogens with zero attached hydrogens (tertiary/aromatic N) is 1. The number of rotatable bonds is 5. The van der Waals surface area contributed by atoms with E-state index in [2.05, 4.69) is 31.8 Å². The van der Waals surface area contributed by atoms with Crippen molar-refractivity contribution in [2.45, 2.75) is 0 Å². The molecule has 0 bridgehead atoms. The van der Waals surface area contributed by atoms with Crippen molar-refractivity contribution in [1.29, 1.82) is 0 Å². The second-order valence-electron chi connectivity index (χ2n) is 4.01. The van der Waals surface area contributed by atoms with Gasteiger partial charge < -0.3 is 9.73 Å². The number of halogens is 1. The summed E-state index contributed by atoms with van der Waals surface area (Å²) < 4.78 is 5.51. The third-order valence-electron chi connectivity index (χ3n) is 2.47. The molecule has 0 unspecified atom stereocenters. The van der Waals surface area contributed by atoms with E-state index in [1.54, 1.807) is 30.3 Å². The smallest absolute Gasteiger partial charge is 0.259 e. The molecule has 0 atom stereocenters. The molecule has 7 heteroatoms. The molecule has 6 nitrogen and oxygen atoms in total. The van der Waals surface area contributed by atoms with Gasteiger partial charge in [-0.15, -0.1) is 0 Å². The molecule has 0 aliphatic carbocycles. The fourth-order valence-electron chi connectivity index (χ4n) is 1.47. The minimum Gasteiger partial charge on any atom is -0.472 e. The highest BCUT2D eigenvalue weighted by Gasteiger charge is 2.10. The highest BCUT2D eigenvalue weighted by Crippen LogP contribution is 2.15. The van der Waals surface area contributed by atoms with E-state index in [0.29, 0.717) is 10.0 Å². The van der Waals surface area contributed by atoms with Gasteiger partial charge in [-0.3, -0.25) is 9.59 Å². The average molecular weight is 350 g/mol. The molecule has 1 aromatic carbocycles. The first-order valence-corrected chi connectivity index (χ1v) is 6.83. The first kappa shape index (κ1) is 15.0. The van der Waals surface area contributed by atoms with Crippen LogP contribution in [0, 0.1) is 0 Å². The largest absolute Gasteiger partial charge is 0.472 e. The second-order valence-corrected chi connectivity index (χ2v) is 4.87. The summed E-state index contributed by atoms with van der Waals surface area (Å²) in [5, 5.41) is 6.25. The van der Waals surface area contributed by atoms with Gasteiger partial charge >= 0.3 is 0 Å². The minimum absolute atomic E-state index is 0.164. The molecule has 0 radical (unpaired) electrons. The molecule has 1 aromatic heterocycles. The fourth-order valence-corrected chi connectivity index (χ4v) is 1.93. The highest BCUT2D eigenvalue weighted by molar-refractivity contribution is 9.10. The van der Waals surface area contributed by atoms with Crippen LogP contribution in [0.15, 0.2) is 56.8 Å². The lowest BCUT2D eigenvalue weighted by molar-refractivity contribution is -0.120. The lowest BCUT2D eigenvalue weighted by Gasteiger charge is -2.05. The van der Waals surface area contributed by atoms with Crippen molar-refractivity contribution < 1.29 is 14.0 Å². The molecule has 0 fully saturated rings. The van der Waals surface area contributed by atoms with Gasteiger partial charge in [-0.2, -0.15) is 5.10 Å². The summed E-state index contributed by atoms with van der Waals surface area (Å²) in [5.74, 6) is -0.758. The van der Waals surface area contributed by atoms with Gasteiger partial charge in [0, 0.05) is 10.0 Å². The van der Waals surface area contributed by atoms with Crippen LogP contribution in [0.4, 0.5) is 0 Å². The zero-order valence-electron chi connectivity index (χ0n) is 10.9. The topological polar surface area (TPSA) is 83.7 Å². The van der Waals surface area contributed by atoms with Gasteiger partial charge in [0.25, 0.3) is 11.8 Å². The molecule has 2 N–H and O–H groups in total. The van der Waals surface area contributed by atoms with Crippen molar-refractivity contribution in [2.75, 3.05) is 6.54 Å². The van der Waals surface area contributed by atoms with Gasteiger partial charge in [0.2, 0.25) is 0 Å². The van der Waals surface area contributed by atoms with Crippen LogP contribution in [-0.2, 0) is 4.79 Å². The van der Waals surface area contributed by atoms with Gasteiger partial charge in [0.05, 0.1) is 30.8 Å². The Morgan fingerprint density at radius 1 is 1.29 bits per heavy atom. The average Bonchev–Trinajstić information content (AvgIpc) is 2.98. The molecule has 0 saturated carbocycles. The van der Waals surface area contributed by atoms with Crippen LogP contribution < -0.4 is 10.7 Å². The van der Waals surface area contributed by atoms with Gasteiger partial charge in [0.15, 0.2) is 0 Å². The maximum absolute atomic E-state index is 11.9. The first-order chi connectivity index (χ1) is 10.2. The van der Waals surface area contributed by atoms with Crippen LogP contribution in [0.2, 0.25) is 0 Å². The highest BCUT2D eigenvalue weighted by atomic mass is 79.9. The molecule has 2 aromatic rings. The third-order valence-corrected chi connectivity index (χ3v) is 3.17. The van der Waals surface area contributed by atoms with Crippen molar-refractivity contribution >= 4 is 34.0 Å². The van der Waals surface area contributed by atoms with Crippen LogP contribution in [0.1, 0.15) is 15.9 Å². The van der Waals surface area contributed by atoms with Crippen LogP contribution in [0.3, 0.4) is 0 Å². The Hall–Kier alpha value is -2.41. The van der Waals surface area contributed by atoms with Crippen molar-refractivity contribution in [2.24, 2.45) is 5.10 Å². The Labute approximate surface area is 129 Å². The van der Waals surface area contributed by atoms with Crippen LogP contribution >= 0.6 is 15.9 Å². The number of amides is 2. The molecule has 0 spiro atoms. The van der Waals surface area contributed by atoms with Crippen molar-refractivity contribution in [3.05, 3.63) is 58.5 Å². The van der Waals surface area contributed by atoms with E-state index in [1.165, 1.54) is 18.7 Å². The number of hydrogen-bond donors (Lipinski definition) is 2. The number of carbonyl (C=O) groups is 2. The Bertz CT molecular complexity index is 653. The fraction of sp³-hybridized carbons (Fsp3) is 0.0714. The molecule has 21 heavy (non-hydrogen) atoms. The van der Waals surface area contributed by atoms with Gasteiger partial charge in [-0.05, 0) is 34.1 Å². The molecular weight excluding hydrogens is 338 g/mol. The summed E-state index contributed by atoms with van der Waals surface area (Å²) in [5.41, 5.74) is 3.50. The second kappa shape index (κ2) is 7.39. The number of benzene rings is 1. The predicted octanol–water partition coefficient (Wildman–Crippen LogP) is 1.92. The molecule has 2 rings (SSSR count). The molecule has 108 valence electrons. The summed E-state index contributed by atoms with van der Waals surface area (Å²) in [4.78, 5) is 23.4. The number of carbonyl (C=O) groups excluding carboxylic acids is 2. The van der Waals surface area contributed by atoms with Crippen molar-refractivity contribution in [3.8, 4) is 0 Å². The number of hydrazone groups is 1. The van der Waals surface area contributed by atoms with E-state index < -0.39 is 5.91 Å². The Morgan fingerprint density at radius 3 is 2.81 bits per heavy atom. The molecule has 0 saturated heterocycles. The van der Waals surface area contributed by atoms with Crippen molar-refractivity contribution in [3.63, 3.8) is 0 Å². The van der Waals surface area contributed by atoms with E-state index in [4.69, 9.17) is 4.42 Å². The Kier molecular flexibility index (Phi) is 5.28. The standard InChI is InChI=1S/C14H12BrN3O3/c15-12-4-2-1-3-11(12)14(20)16-8-13(19)18-17-7-10-5-6-21-9-10/h1-7,9H,8H2,(H,16,20)(H,18,19). The number of nitrogens with one attached hydrogen (secondary N) is 2. The zero-order valence-corrected chi connectivity index (χ0v) is 12.5. The molecule has 0 aliphatic heterocycles. The molecule has 2 amide bonds. The maximum Gasteiger partial charge on any atom is 0.259 e. The summed E-state index contributed by atoms with van der Waals surface area (Å²) in [6, 6.07) is 8.66. The van der Waals surface area contributed by atoms with Crippen molar-refractivity contribution in [1.82, 2.24) is 10.7 Å². The molecule has 1 heterocycles. The van der Waals surface area contributed by atoms with Gasteiger partial charge in [-0.25, -0.2) is 5.43 Å². The SMILES string of the molecule is O=C(CNC(=O)c1ccccc1Br)NN=Cc1ccoc1. The summed E-state index contributed by atoms with van der Waals surface area (Å²) in [6.07, 6.45) is 4.43. The van der Waals surface area contributed by atoms with Gasteiger partial charge in [-0.1, -0.05) is 12.1 Å². The van der Waals surface area contributed by atoms with Crippen LogP contribution in [0.5, 0.6) is 0 Å². The summed E-state index contributed by atoms with van der Waals surface area (Å²) in [6.45, 7) is -0.164. The predicted molar refractivity (Wildman–Crippen MR) is 80.9 cm³/mol. The van der Waals surface area contributed by atoms with E-state index in [0.717, 1.165) is 5.56 Å². The van der Waals surface area contributed by atoms with Crippen LogP contribution in [-0.4, -0.2) is 24.6 Å². The Balaban J connectivity index is 1.79. The lowest BCUT2D eigenvalue weighted by Crippen LogP contribution is -2.35. The van der Waals surface area contributed by atoms with E-state index >= 15 is 0 Å². The van der Waals surface area contributed by atoms with E-state index in [-0.39, 0.29) is 12.5 Å². The maximum atomic E-state index is 11.9. The third kappa shape index (κ3) is 4.57. The normalized spacial score (nSPS) is 10.5. The molecular formula is C14H12BrN3O3. The van der Waals surface area contributed by atoms with Gasteiger partial charge in [0.1, 0.15) is 0 Å². The monoisotopic (exact) mass is 349 g/mol. The van der Waals surface area contributed by atoms with E-state index in [9.17, 15) is 9.59 Å². The first-order valence-electron chi connectivity index (χ1n) is 6.03. The number of furan rings is 1. The minimum atomic E-state index is -0.421. The number of hydrogen-bond acceptors (Lipinski definition) is 4. The van der Waals surface area contributed by atoms with Crippen LogP contribution in [0.25, 0.3) is 0 Å². The molecule has 0 aliphatic rings. The lowest BCUT2D eigenvalue weighted by atomic mass is 10.2. The summed E-state index contributed by atoms with van der Waals surface area (Å²) in [7, 11) is 0. The Morgan fingerprint density at radius 2 is 2.10 bits per heavy atom. The zero-order chi connectivity index (χ0) is 15.1. The summed E-state index contributed by atoms with van der Waals surface area (Å²) >= 11 is 3.27. The quantitative estimate of drug-likeness (QED) is 0.638.